The molecule has 0 radical (unpaired) electrons. The fourth-order valence-corrected chi connectivity index (χ4v) is 2.49. The SMILES string of the molecule is CCNC(C)c1ccc(Sc2cnn(C)c2)nc1. The molecular weight excluding hydrogens is 244 g/mol. The second-order valence-electron chi connectivity index (χ2n) is 4.16. The summed E-state index contributed by atoms with van der Waals surface area (Å²) < 4.78 is 1.80. The predicted octanol–water partition coefficient (Wildman–Crippen LogP) is 2.64. The molecule has 18 heavy (non-hydrogen) atoms. The lowest BCUT2D eigenvalue weighted by Gasteiger charge is -2.12. The molecule has 5 heteroatoms. The third-order valence-electron chi connectivity index (χ3n) is 2.67. The van der Waals surface area contributed by atoms with Gasteiger partial charge in [-0.1, -0.05) is 24.8 Å². The van der Waals surface area contributed by atoms with Crippen LogP contribution in [0.5, 0.6) is 0 Å². The summed E-state index contributed by atoms with van der Waals surface area (Å²) in [6.45, 7) is 5.22. The summed E-state index contributed by atoms with van der Waals surface area (Å²) in [6.07, 6.45) is 5.77. The fraction of sp³-hybridized carbons (Fsp3) is 0.385. The van der Waals surface area contributed by atoms with Crippen molar-refractivity contribution in [3.63, 3.8) is 0 Å². The van der Waals surface area contributed by atoms with Crippen LogP contribution in [0.15, 0.2) is 40.6 Å². The van der Waals surface area contributed by atoms with Gasteiger partial charge in [-0.25, -0.2) is 4.98 Å². The lowest BCUT2D eigenvalue weighted by Crippen LogP contribution is -2.17. The van der Waals surface area contributed by atoms with Gasteiger partial charge in [-0.05, 0) is 25.1 Å². The molecule has 96 valence electrons. The van der Waals surface area contributed by atoms with Crippen molar-refractivity contribution in [2.45, 2.75) is 29.8 Å². The van der Waals surface area contributed by atoms with E-state index < -0.39 is 0 Å². The van der Waals surface area contributed by atoms with Gasteiger partial charge in [-0.3, -0.25) is 4.68 Å². The van der Waals surface area contributed by atoms with Gasteiger partial charge in [-0.2, -0.15) is 5.10 Å². The van der Waals surface area contributed by atoms with Crippen LogP contribution in [0.1, 0.15) is 25.5 Å². The molecule has 2 rings (SSSR count). The van der Waals surface area contributed by atoms with Crippen molar-refractivity contribution in [1.29, 1.82) is 0 Å². The van der Waals surface area contributed by atoms with Crippen LogP contribution in [-0.2, 0) is 7.05 Å². The van der Waals surface area contributed by atoms with E-state index in [0.717, 1.165) is 16.5 Å². The van der Waals surface area contributed by atoms with Gasteiger partial charge in [-0.15, -0.1) is 0 Å². The van der Waals surface area contributed by atoms with Gasteiger partial charge < -0.3 is 5.32 Å². The number of rotatable bonds is 5. The van der Waals surface area contributed by atoms with E-state index in [1.165, 1.54) is 5.56 Å². The molecule has 0 aliphatic rings. The molecular formula is C13H18N4S. The highest BCUT2D eigenvalue weighted by Gasteiger charge is 2.05. The average Bonchev–Trinajstić information content (AvgIpc) is 2.76. The van der Waals surface area contributed by atoms with Gasteiger partial charge in [0.05, 0.1) is 11.1 Å². The molecule has 0 spiro atoms. The van der Waals surface area contributed by atoms with E-state index in [2.05, 4.69) is 41.4 Å². The van der Waals surface area contributed by atoms with Crippen LogP contribution >= 0.6 is 11.8 Å². The lowest BCUT2D eigenvalue weighted by atomic mass is 10.1. The Kier molecular flexibility index (Phi) is 4.38. The minimum absolute atomic E-state index is 0.347. The third-order valence-corrected chi connectivity index (χ3v) is 3.57. The summed E-state index contributed by atoms with van der Waals surface area (Å²) in [5, 5.41) is 8.51. The maximum absolute atomic E-state index is 4.47. The van der Waals surface area contributed by atoms with E-state index in [4.69, 9.17) is 0 Å². The van der Waals surface area contributed by atoms with Gasteiger partial charge in [0.2, 0.25) is 0 Å². The minimum Gasteiger partial charge on any atom is -0.310 e. The Labute approximate surface area is 112 Å². The van der Waals surface area contributed by atoms with E-state index in [-0.39, 0.29) is 0 Å². The molecule has 2 aromatic heterocycles. The summed E-state index contributed by atoms with van der Waals surface area (Å²) >= 11 is 1.63. The zero-order valence-corrected chi connectivity index (χ0v) is 11.7. The first kappa shape index (κ1) is 13.1. The molecule has 0 aliphatic carbocycles. The number of aromatic nitrogens is 3. The summed E-state index contributed by atoms with van der Waals surface area (Å²) in [6, 6.07) is 4.53. The summed E-state index contributed by atoms with van der Waals surface area (Å²) in [5.74, 6) is 0. The standard InChI is InChI=1S/C13H18N4S/c1-4-14-10(2)11-5-6-13(15-7-11)18-12-8-16-17(3)9-12/h5-10,14H,4H2,1-3H3. The van der Waals surface area contributed by atoms with Gasteiger partial charge in [0.1, 0.15) is 5.03 Å². The molecule has 2 heterocycles. The average molecular weight is 262 g/mol. The Balaban J connectivity index is 2.03. The highest BCUT2D eigenvalue weighted by atomic mass is 32.2. The van der Waals surface area contributed by atoms with Crippen LogP contribution in [0.4, 0.5) is 0 Å². The Morgan fingerprint density at radius 1 is 1.39 bits per heavy atom. The highest BCUT2D eigenvalue weighted by molar-refractivity contribution is 7.99. The van der Waals surface area contributed by atoms with Crippen LogP contribution in [0.25, 0.3) is 0 Å². The summed E-state index contributed by atoms with van der Waals surface area (Å²) in [4.78, 5) is 5.58. The summed E-state index contributed by atoms with van der Waals surface area (Å²) in [7, 11) is 1.92. The van der Waals surface area contributed by atoms with Crippen molar-refractivity contribution >= 4 is 11.8 Å². The van der Waals surface area contributed by atoms with Gasteiger partial charge in [0.25, 0.3) is 0 Å². The van der Waals surface area contributed by atoms with Crippen LogP contribution in [0.3, 0.4) is 0 Å². The molecule has 0 aromatic carbocycles. The molecule has 0 fully saturated rings. The zero-order valence-electron chi connectivity index (χ0n) is 10.9. The Bertz CT molecular complexity index is 492. The maximum Gasteiger partial charge on any atom is 0.101 e. The first-order valence-electron chi connectivity index (χ1n) is 6.05. The van der Waals surface area contributed by atoms with Crippen LogP contribution in [0.2, 0.25) is 0 Å². The minimum atomic E-state index is 0.347. The highest BCUT2D eigenvalue weighted by Crippen LogP contribution is 2.25. The van der Waals surface area contributed by atoms with E-state index >= 15 is 0 Å². The third kappa shape index (κ3) is 3.34. The van der Waals surface area contributed by atoms with Gasteiger partial charge in [0.15, 0.2) is 0 Å². The normalized spacial score (nSPS) is 12.6. The number of aryl methyl sites for hydroxylation is 1. The molecule has 2 aromatic rings. The van der Waals surface area contributed by atoms with Crippen molar-refractivity contribution < 1.29 is 0 Å². The molecule has 0 bridgehead atoms. The second kappa shape index (κ2) is 6.02. The van der Waals surface area contributed by atoms with Crippen molar-refractivity contribution in [1.82, 2.24) is 20.1 Å². The molecule has 0 amide bonds. The largest absolute Gasteiger partial charge is 0.310 e. The van der Waals surface area contributed by atoms with E-state index in [0.29, 0.717) is 6.04 Å². The molecule has 1 atom stereocenters. The fourth-order valence-electron chi connectivity index (χ4n) is 1.70. The number of pyridine rings is 1. The quantitative estimate of drug-likeness (QED) is 0.899. The molecule has 1 unspecified atom stereocenters. The first-order chi connectivity index (χ1) is 8.69. The number of hydrogen-bond acceptors (Lipinski definition) is 4. The van der Waals surface area contributed by atoms with Crippen molar-refractivity contribution in [2.75, 3.05) is 6.54 Å². The van der Waals surface area contributed by atoms with E-state index in [1.54, 1.807) is 16.4 Å². The summed E-state index contributed by atoms with van der Waals surface area (Å²) in [5.41, 5.74) is 1.22. The lowest BCUT2D eigenvalue weighted by molar-refractivity contribution is 0.595. The topological polar surface area (TPSA) is 42.7 Å². The van der Waals surface area contributed by atoms with Crippen LogP contribution in [0, 0.1) is 0 Å². The molecule has 1 N–H and O–H groups in total. The van der Waals surface area contributed by atoms with E-state index in [1.807, 2.05) is 25.6 Å². The van der Waals surface area contributed by atoms with Crippen LogP contribution in [-0.4, -0.2) is 21.3 Å². The number of nitrogens with zero attached hydrogens (tertiary/aromatic N) is 3. The zero-order chi connectivity index (χ0) is 13.0. The monoisotopic (exact) mass is 262 g/mol. The Morgan fingerprint density at radius 3 is 2.78 bits per heavy atom. The molecule has 0 aliphatic heterocycles. The first-order valence-corrected chi connectivity index (χ1v) is 6.86. The predicted molar refractivity (Wildman–Crippen MR) is 73.7 cm³/mol. The number of hydrogen-bond donors (Lipinski definition) is 1. The molecule has 4 nitrogen and oxygen atoms in total. The van der Waals surface area contributed by atoms with Crippen molar-refractivity contribution in [2.24, 2.45) is 7.05 Å². The van der Waals surface area contributed by atoms with Gasteiger partial charge in [0, 0.05) is 25.5 Å². The van der Waals surface area contributed by atoms with E-state index in [9.17, 15) is 0 Å². The second-order valence-corrected chi connectivity index (χ2v) is 5.25. The van der Waals surface area contributed by atoms with Crippen molar-refractivity contribution in [3.05, 3.63) is 36.3 Å². The van der Waals surface area contributed by atoms with Crippen LogP contribution < -0.4 is 5.32 Å². The molecule has 0 saturated carbocycles. The molecule has 0 saturated heterocycles. The van der Waals surface area contributed by atoms with Crippen molar-refractivity contribution in [3.8, 4) is 0 Å². The smallest absolute Gasteiger partial charge is 0.101 e. The Morgan fingerprint density at radius 2 is 2.22 bits per heavy atom. The Hall–Kier alpha value is -1.33. The number of nitrogens with one attached hydrogen (secondary N) is 1. The maximum atomic E-state index is 4.47. The van der Waals surface area contributed by atoms with Gasteiger partial charge >= 0.3 is 0 Å².